The van der Waals surface area contributed by atoms with E-state index >= 15 is 0 Å². The van der Waals surface area contributed by atoms with Crippen LogP contribution in [0.4, 0.5) is 0 Å². The van der Waals surface area contributed by atoms with Gasteiger partial charge in [-0.1, -0.05) is 19.8 Å². The summed E-state index contributed by atoms with van der Waals surface area (Å²) in [4.78, 5) is 11.8. The van der Waals surface area contributed by atoms with E-state index < -0.39 is 0 Å². The van der Waals surface area contributed by atoms with E-state index in [0.717, 1.165) is 6.54 Å². The molecule has 0 spiro atoms. The van der Waals surface area contributed by atoms with E-state index in [4.69, 9.17) is 4.74 Å². The van der Waals surface area contributed by atoms with Crippen molar-refractivity contribution in [1.82, 2.24) is 5.32 Å². The summed E-state index contributed by atoms with van der Waals surface area (Å²) in [6, 6.07) is 0.570. The number of ether oxygens (including phenoxy) is 1. The van der Waals surface area contributed by atoms with Crippen LogP contribution in [0.2, 0.25) is 0 Å². The first-order chi connectivity index (χ1) is 8.92. The quantitative estimate of drug-likeness (QED) is 0.760. The Morgan fingerprint density at radius 3 is 2.63 bits per heavy atom. The summed E-state index contributed by atoms with van der Waals surface area (Å²) >= 11 is 1.77. The lowest BCUT2D eigenvalue weighted by Crippen LogP contribution is -2.41. The van der Waals surface area contributed by atoms with Crippen LogP contribution in [0.3, 0.4) is 0 Å². The molecule has 1 aliphatic rings. The van der Waals surface area contributed by atoms with Crippen molar-refractivity contribution in [2.75, 3.05) is 12.3 Å². The third kappa shape index (κ3) is 7.21. The lowest BCUT2D eigenvalue weighted by molar-refractivity contribution is -0.151. The number of thioether (sulfide) groups is 1. The molecular weight excluding hydrogens is 258 g/mol. The molecule has 0 saturated heterocycles. The highest BCUT2D eigenvalue weighted by molar-refractivity contribution is 8.00. The van der Waals surface area contributed by atoms with Crippen LogP contribution in [-0.2, 0) is 9.53 Å². The molecule has 1 fully saturated rings. The Kier molecular flexibility index (Phi) is 7.22. The first-order valence-corrected chi connectivity index (χ1v) is 8.54. The zero-order valence-electron chi connectivity index (χ0n) is 12.8. The molecule has 0 aromatic carbocycles. The van der Waals surface area contributed by atoms with Gasteiger partial charge < -0.3 is 10.1 Å². The highest BCUT2D eigenvalue weighted by atomic mass is 32.2. The second-order valence-electron chi connectivity index (χ2n) is 6.28. The average Bonchev–Trinajstić information content (AvgIpc) is 2.32. The van der Waals surface area contributed by atoms with E-state index in [2.05, 4.69) is 12.2 Å². The number of hydrogen-bond donors (Lipinski definition) is 1. The van der Waals surface area contributed by atoms with Gasteiger partial charge in [0.25, 0.3) is 0 Å². The number of rotatable bonds is 6. The lowest BCUT2D eigenvalue weighted by atomic mass is 9.95. The van der Waals surface area contributed by atoms with Crippen LogP contribution in [0.15, 0.2) is 0 Å². The van der Waals surface area contributed by atoms with Gasteiger partial charge in [-0.05, 0) is 46.6 Å². The van der Waals surface area contributed by atoms with Crippen LogP contribution in [-0.4, -0.2) is 35.2 Å². The van der Waals surface area contributed by atoms with E-state index in [-0.39, 0.29) is 11.6 Å². The Morgan fingerprint density at radius 1 is 1.32 bits per heavy atom. The minimum absolute atomic E-state index is 0.0858. The Balaban J connectivity index is 2.34. The molecule has 1 aliphatic carbocycles. The van der Waals surface area contributed by atoms with Gasteiger partial charge in [-0.25, -0.2) is 0 Å². The predicted octanol–water partition coefficient (Wildman–Crippen LogP) is 3.37. The van der Waals surface area contributed by atoms with E-state index in [1.54, 1.807) is 11.8 Å². The summed E-state index contributed by atoms with van der Waals surface area (Å²) in [5.74, 6) is 0.393. The molecule has 0 aromatic rings. The van der Waals surface area contributed by atoms with Crippen molar-refractivity contribution < 1.29 is 9.53 Å². The highest BCUT2D eigenvalue weighted by Crippen LogP contribution is 2.29. The Morgan fingerprint density at radius 2 is 2.00 bits per heavy atom. The summed E-state index contributed by atoms with van der Waals surface area (Å²) < 4.78 is 5.36. The Hall–Kier alpha value is -0.220. The summed E-state index contributed by atoms with van der Waals surface area (Å²) in [6.45, 7) is 9.03. The van der Waals surface area contributed by atoms with Gasteiger partial charge in [0, 0.05) is 11.3 Å². The maximum atomic E-state index is 11.8. The van der Waals surface area contributed by atoms with Gasteiger partial charge in [0.15, 0.2) is 0 Å². The SMILES string of the molecule is CCCNC1CCCCC1SCC(=O)OC(C)(C)C. The fourth-order valence-electron chi connectivity index (χ4n) is 2.41. The molecule has 0 amide bonds. The number of carbonyl (C=O) groups excluding carboxylic acids is 1. The predicted molar refractivity (Wildman–Crippen MR) is 82.6 cm³/mol. The van der Waals surface area contributed by atoms with Gasteiger partial charge in [0.1, 0.15) is 5.60 Å². The van der Waals surface area contributed by atoms with Crippen LogP contribution in [0, 0.1) is 0 Å². The van der Waals surface area contributed by atoms with E-state index in [1.165, 1.54) is 32.1 Å². The number of carbonyl (C=O) groups is 1. The van der Waals surface area contributed by atoms with Crippen molar-refractivity contribution in [1.29, 1.82) is 0 Å². The van der Waals surface area contributed by atoms with Crippen LogP contribution in [0.25, 0.3) is 0 Å². The summed E-state index contributed by atoms with van der Waals surface area (Å²) in [6.07, 6.45) is 6.22. The normalized spacial score (nSPS) is 24.2. The molecule has 0 radical (unpaired) electrons. The molecular formula is C15H29NO2S. The van der Waals surface area contributed by atoms with Crippen LogP contribution in [0.5, 0.6) is 0 Å². The van der Waals surface area contributed by atoms with Crippen LogP contribution < -0.4 is 5.32 Å². The maximum absolute atomic E-state index is 11.8. The van der Waals surface area contributed by atoms with Crippen LogP contribution >= 0.6 is 11.8 Å². The first kappa shape index (κ1) is 16.8. The summed E-state index contributed by atoms with van der Waals surface area (Å²) in [7, 11) is 0. The number of nitrogens with one attached hydrogen (secondary N) is 1. The molecule has 2 atom stereocenters. The smallest absolute Gasteiger partial charge is 0.316 e. The molecule has 112 valence electrons. The molecule has 1 N–H and O–H groups in total. The lowest BCUT2D eigenvalue weighted by Gasteiger charge is -2.32. The maximum Gasteiger partial charge on any atom is 0.316 e. The zero-order valence-corrected chi connectivity index (χ0v) is 13.6. The minimum Gasteiger partial charge on any atom is -0.459 e. The van der Waals surface area contributed by atoms with E-state index in [1.807, 2.05) is 20.8 Å². The molecule has 0 heterocycles. The van der Waals surface area contributed by atoms with Crippen molar-refractivity contribution in [2.45, 2.75) is 76.7 Å². The minimum atomic E-state index is -0.371. The molecule has 19 heavy (non-hydrogen) atoms. The van der Waals surface area contributed by atoms with Crippen molar-refractivity contribution >= 4 is 17.7 Å². The number of hydrogen-bond acceptors (Lipinski definition) is 4. The monoisotopic (exact) mass is 287 g/mol. The molecule has 0 bridgehead atoms. The largest absolute Gasteiger partial charge is 0.459 e. The average molecular weight is 287 g/mol. The third-order valence-electron chi connectivity index (χ3n) is 3.19. The van der Waals surface area contributed by atoms with Crippen molar-refractivity contribution in [2.24, 2.45) is 0 Å². The van der Waals surface area contributed by atoms with Gasteiger partial charge in [-0.15, -0.1) is 11.8 Å². The fraction of sp³-hybridized carbons (Fsp3) is 0.933. The first-order valence-electron chi connectivity index (χ1n) is 7.49. The van der Waals surface area contributed by atoms with Gasteiger partial charge in [-0.2, -0.15) is 0 Å². The number of esters is 1. The van der Waals surface area contributed by atoms with E-state index in [9.17, 15) is 4.79 Å². The summed E-state index contributed by atoms with van der Waals surface area (Å²) in [5, 5.41) is 4.18. The topological polar surface area (TPSA) is 38.3 Å². The second kappa shape index (κ2) is 8.15. The van der Waals surface area contributed by atoms with Crippen molar-refractivity contribution in [3.05, 3.63) is 0 Å². The Bertz CT molecular complexity index is 276. The van der Waals surface area contributed by atoms with Gasteiger partial charge >= 0.3 is 5.97 Å². The van der Waals surface area contributed by atoms with Gasteiger partial charge in [-0.3, -0.25) is 4.79 Å². The summed E-state index contributed by atoms with van der Waals surface area (Å²) in [5.41, 5.74) is -0.371. The third-order valence-corrected chi connectivity index (χ3v) is 4.59. The van der Waals surface area contributed by atoms with Crippen molar-refractivity contribution in [3.63, 3.8) is 0 Å². The molecule has 0 aliphatic heterocycles. The molecule has 3 nitrogen and oxygen atoms in total. The molecule has 2 unspecified atom stereocenters. The standard InChI is InChI=1S/C15H29NO2S/c1-5-10-16-12-8-6-7-9-13(12)19-11-14(17)18-15(2,3)4/h12-13,16H,5-11H2,1-4H3. The highest BCUT2D eigenvalue weighted by Gasteiger charge is 2.26. The van der Waals surface area contributed by atoms with Crippen molar-refractivity contribution in [3.8, 4) is 0 Å². The van der Waals surface area contributed by atoms with Gasteiger partial charge in [0.2, 0.25) is 0 Å². The molecule has 1 saturated carbocycles. The second-order valence-corrected chi connectivity index (χ2v) is 7.51. The molecule has 4 heteroatoms. The molecule has 0 aromatic heterocycles. The molecule has 1 rings (SSSR count). The van der Waals surface area contributed by atoms with Crippen LogP contribution in [0.1, 0.15) is 59.8 Å². The van der Waals surface area contributed by atoms with Gasteiger partial charge in [0.05, 0.1) is 5.75 Å². The Labute approximate surface area is 122 Å². The van der Waals surface area contributed by atoms with E-state index in [0.29, 0.717) is 17.0 Å². The zero-order chi connectivity index (χ0) is 14.3. The fourth-order valence-corrected chi connectivity index (χ4v) is 3.61.